The van der Waals surface area contributed by atoms with Crippen molar-refractivity contribution >= 4 is 45.4 Å². The second-order valence-electron chi connectivity index (χ2n) is 9.11. The van der Waals surface area contributed by atoms with E-state index in [1.54, 1.807) is 12.1 Å². The van der Waals surface area contributed by atoms with Crippen LogP contribution in [0.3, 0.4) is 0 Å². The Hall–Kier alpha value is -3.18. The van der Waals surface area contributed by atoms with Gasteiger partial charge in [-0.25, -0.2) is 8.42 Å². The maximum absolute atomic E-state index is 12.8. The molecule has 3 rings (SSSR count). The molecule has 37 heavy (non-hydrogen) atoms. The molecule has 11 heteroatoms. The predicted molar refractivity (Wildman–Crippen MR) is 144 cm³/mol. The fourth-order valence-corrected chi connectivity index (χ4v) is 5.81. The quantitative estimate of drug-likeness (QED) is 0.277. The number of amides is 2. The van der Waals surface area contributed by atoms with E-state index in [-0.39, 0.29) is 29.8 Å². The minimum atomic E-state index is -3.67. The number of nitrogens with zero attached hydrogens (tertiary/aromatic N) is 2. The molecule has 0 aliphatic carbocycles. The molecule has 1 fully saturated rings. The van der Waals surface area contributed by atoms with E-state index < -0.39 is 26.8 Å². The first-order valence-electron chi connectivity index (χ1n) is 12.1. The summed E-state index contributed by atoms with van der Waals surface area (Å²) in [6.07, 6.45) is 3.89. The molecule has 2 aromatic rings. The van der Waals surface area contributed by atoms with E-state index in [1.165, 1.54) is 41.8 Å². The first-order chi connectivity index (χ1) is 17.5. The normalized spacial score (nSPS) is 16.2. The molecule has 0 radical (unpaired) electrons. The number of nitrogens with one attached hydrogen (secondary N) is 1. The van der Waals surface area contributed by atoms with Gasteiger partial charge in [-0.2, -0.15) is 0 Å². The maximum Gasteiger partial charge on any atom is 0.283 e. The number of rotatable bonds is 9. The smallest absolute Gasteiger partial charge is 0.283 e. The number of hydrogen-bond acceptors (Lipinski definition) is 7. The predicted octanol–water partition coefficient (Wildman–Crippen LogP) is 4.59. The van der Waals surface area contributed by atoms with Crippen molar-refractivity contribution in [3.05, 3.63) is 69.8 Å². The summed E-state index contributed by atoms with van der Waals surface area (Å²) in [6.45, 7) is 6.14. The van der Waals surface area contributed by atoms with Crippen LogP contribution in [0.25, 0.3) is 6.08 Å². The Balaban J connectivity index is 1.72. The van der Waals surface area contributed by atoms with Crippen LogP contribution in [0.4, 0.5) is 5.69 Å². The van der Waals surface area contributed by atoms with Crippen LogP contribution in [0, 0.1) is 16.0 Å². The van der Waals surface area contributed by atoms with Crippen LogP contribution in [0.2, 0.25) is 0 Å². The summed E-state index contributed by atoms with van der Waals surface area (Å²) in [5.74, 6) is -1.50. The van der Waals surface area contributed by atoms with Crippen LogP contribution >= 0.6 is 11.8 Å². The van der Waals surface area contributed by atoms with Crippen LogP contribution in [0.5, 0.6) is 0 Å². The van der Waals surface area contributed by atoms with Gasteiger partial charge in [-0.1, -0.05) is 49.9 Å². The van der Waals surface area contributed by atoms with Gasteiger partial charge in [0.05, 0.1) is 21.5 Å². The second kappa shape index (κ2) is 12.4. The summed E-state index contributed by atoms with van der Waals surface area (Å²) in [7, 11) is -3.67. The van der Waals surface area contributed by atoms with E-state index in [9.17, 15) is 28.1 Å². The van der Waals surface area contributed by atoms with Crippen molar-refractivity contribution in [3.63, 3.8) is 0 Å². The van der Waals surface area contributed by atoms with E-state index in [2.05, 4.69) is 18.6 Å². The second-order valence-corrected chi connectivity index (χ2v) is 12.2. The Kier molecular flexibility index (Phi) is 9.50. The number of carbonyl (C=O) groups excluding carboxylic acids is 2. The van der Waals surface area contributed by atoms with E-state index >= 15 is 0 Å². The third-order valence-electron chi connectivity index (χ3n) is 6.10. The Morgan fingerprint density at radius 2 is 1.95 bits per heavy atom. The Bertz CT molecular complexity index is 1310. The zero-order valence-corrected chi connectivity index (χ0v) is 22.7. The summed E-state index contributed by atoms with van der Waals surface area (Å²) in [6, 6.07) is 12.6. The zero-order valence-electron chi connectivity index (χ0n) is 21.0. The van der Waals surface area contributed by atoms with Crippen LogP contribution in [0.1, 0.15) is 50.7 Å². The molecule has 0 saturated carbocycles. The van der Waals surface area contributed by atoms with E-state index in [0.717, 1.165) is 10.5 Å². The highest BCUT2D eigenvalue weighted by Crippen LogP contribution is 2.39. The minimum absolute atomic E-state index is 0.0509. The molecular weight excluding hydrogens is 514 g/mol. The van der Waals surface area contributed by atoms with Gasteiger partial charge in [0, 0.05) is 30.1 Å². The molecular formula is C26H31N3O6S2. The Morgan fingerprint density at radius 3 is 2.62 bits per heavy atom. The van der Waals surface area contributed by atoms with E-state index in [0.29, 0.717) is 29.8 Å². The molecule has 9 nitrogen and oxygen atoms in total. The van der Waals surface area contributed by atoms with Crippen LogP contribution in [-0.2, 0) is 19.6 Å². The van der Waals surface area contributed by atoms with Crippen LogP contribution in [0.15, 0.2) is 58.3 Å². The van der Waals surface area contributed by atoms with Gasteiger partial charge in [-0.05, 0) is 55.0 Å². The van der Waals surface area contributed by atoms with E-state index in [4.69, 9.17) is 0 Å². The lowest BCUT2D eigenvalue weighted by atomic mass is 9.97. The molecule has 1 heterocycles. The van der Waals surface area contributed by atoms with Crippen molar-refractivity contribution in [3.8, 4) is 0 Å². The first-order valence-corrected chi connectivity index (χ1v) is 14.5. The van der Waals surface area contributed by atoms with E-state index in [1.807, 2.05) is 24.3 Å². The first kappa shape index (κ1) is 28.4. The summed E-state index contributed by atoms with van der Waals surface area (Å²) in [5, 5.41) is 11.8. The number of benzene rings is 2. The van der Waals surface area contributed by atoms with Gasteiger partial charge in [0.1, 0.15) is 0 Å². The number of hydrogen-bond donors (Lipinski definition) is 1. The highest BCUT2D eigenvalue weighted by molar-refractivity contribution is 7.99. The lowest BCUT2D eigenvalue weighted by Gasteiger charge is -2.31. The standard InChI is InChI=1S/C26H31N3O6S2/c1-4-37(34,35)27-26(31)20-8-7-15-28(17-20)25(30)14-12-19-11-13-24(22(16-19)29(32)33)36-23-10-6-5-9-21(23)18(2)3/h5-6,9-14,16,18,20H,4,7-8,15,17H2,1-3H3,(H,27,31). The lowest BCUT2D eigenvalue weighted by Crippen LogP contribution is -2.46. The summed E-state index contributed by atoms with van der Waals surface area (Å²) < 4.78 is 25.5. The number of piperidine rings is 1. The van der Waals surface area contributed by atoms with Crippen LogP contribution in [-0.4, -0.2) is 48.9 Å². The monoisotopic (exact) mass is 545 g/mol. The fourth-order valence-electron chi connectivity index (χ4n) is 4.01. The number of nitro groups is 1. The molecule has 1 aliphatic rings. The number of sulfonamides is 1. The topological polar surface area (TPSA) is 127 Å². The molecule has 2 amide bonds. The third kappa shape index (κ3) is 7.65. The summed E-state index contributed by atoms with van der Waals surface area (Å²) in [4.78, 5) is 39.4. The molecule has 2 aromatic carbocycles. The van der Waals surface area contributed by atoms with Crippen molar-refractivity contribution in [2.75, 3.05) is 18.8 Å². The largest absolute Gasteiger partial charge is 0.338 e. The average molecular weight is 546 g/mol. The van der Waals surface area contributed by atoms with Gasteiger partial charge in [0.2, 0.25) is 21.8 Å². The highest BCUT2D eigenvalue weighted by atomic mass is 32.2. The third-order valence-corrected chi connectivity index (χ3v) is 8.53. The van der Waals surface area contributed by atoms with Crippen molar-refractivity contribution in [2.24, 2.45) is 5.92 Å². The molecule has 0 bridgehead atoms. The van der Waals surface area contributed by atoms with Gasteiger partial charge in [0.25, 0.3) is 5.69 Å². The van der Waals surface area contributed by atoms with Gasteiger partial charge >= 0.3 is 0 Å². The van der Waals surface area contributed by atoms with Crippen molar-refractivity contribution in [1.29, 1.82) is 0 Å². The van der Waals surface area contributed by atoms with Crippen molar-refractivity contribution < 1.29 is 22.9 Å². The summed E-state index contributed by atoms with van der Waals surface area (Å²) in [5.41, 5.74) is 1.56. The van der Waals surface area contributed by atoms with Gasteiger partial charge in [-0.3, -0.25) is 24.4 Å². The molecule has 1 saturated heterocycles. The van der Waals surface area contributed by atoms with Gasteiger partial charge in [-0.15, -0.1) is 0 Å². The lowest BCUT2D eigenvalue weighted by molar-refractivity contribution is -0.387. The molecule has 198 valence electrons. The highest BCUT2D eigenvalue weighted by Gasteiger charge is 2.29. The average Bonchev–Trinajstić information content (AvgIpc) is 2.87. The molecule has 1 aliphatic heterocycles. The van der Waals surface area contributed by atoms with Crippen molar-refractivity contribution in [2.45, 2.75) is 49.3 Å². The Morgan fingerprint density at radius 1 is 1.22 bits per heavy atom. The summed E-state index contributed by atoms with van der Waals surface area (Å²) >= 11 is 1.34. The maximum atomic E-state index is 12.8. The minimum Gasteiger partial charge on any atom is -0.338 e. The number of carbonyl (C=O) groups is 2. The SMILES string of the molecule is CCS(=O)(=O)NC(=O)C1CCCN(C(=O)C=Cc2ccc(Sc3ccccc3C(C)C)c([N+](=O)[O-])c2)C1. The Labute approximate surface area is 221 Å². The fraction of sp³-hybridized carbons (Fsp3) is 0.385. The number of likely N-dealkylation sites (tertiary alicyclic amines) is 1. The van der Waals surface area contributed by atoms with Crippen LogP contribution < -0.4 is 4.72 Å². The number of nitro benzene ring substituents is 1. The van der Waals surface area contributed by atoms with Crippen molar-refractivity contribution in [1.82, 2.24) is 9.62 Å². The molecule has 0 spiro atoms. The molecule has 1 N–H and O–H groups in total. The van der Waals surface area contributed by atoms with Gasteiger partial charge < -0.3 is 4.90 Å². The molecule has 1 unspecified atom stereocenters. The molecule has 0 aromatic heterocycles. The zero-order chi connectivity index (χ0) is 27.2. The molecule has 1 atom stereocenters. The van der Waals surface area contributed by atoms with Gasteiger partial charge in [0.15, 0.2) is 0 Å².